The lowest BCUT2D eigenvalue weighted by Crippen LogP contribution is -2.38. The van der Waals surface area contributed by atoms with Crippen molar-refractivity contribution < 1.29 is 32.7 Å². The number of carbonyl (C=O) groups excluding carboxylic acids is 2. The van der Waals surface area contributed by atoms with E-state index in [2.05, 4.69) is 58.1 Å². The molecule has 0 radical (unpaired) electrons. The van der Waals surface area contributed by atoms with Gasteiger partial charge in [0, 0.05) is 42.7 Å². The van der Waals surface area contributed by atoms with E-state index in [0.29, 0.717) is 13.1 Å². The molecule has 2 fully saturated rings. The summed E-state index contributed by atoms with van der Waals surface area (Å²) in [7, 11) is 0. The van der Waals surface area contributed by atoms with E-state index in [-0.39, 0.29) is 11.8 Å². The Morgan fingerprint density at radius 2 is 1.49 bits per heavy atom. The number of carbonyl (C=O) groups is 3. The van der Waals surface area contributed by atoms with Crippen LogP contribution in [0.2, 0.25) is 0 Å². The number of aliphatic carboxylic acids is 1. The Morgan fingerprint density at radius 3 is 2.15 bits per heavy atom. The summed E-state index contributed by atoms with van der Waals surface area (Å²) < 4.78 is 31.7. The number of amides is 2. The van der Waals surface area contributed by atoms with Gasteiger partial charge in [-0.3, -0.25) is 9.59 Å². The number of hydrogen-bond donors (Lipinski definition) is 2. The molecule has 4 aromatic rings. The minimum Gasteiger partial charge on any atom is -0.475 e. The van der Waals surface area contributed by atoms with Crippen molar-refractivity contribution in [1.82, 2.24) is 15.1 Å². The lowest BCUT2D eigenvalue weighted by Gasteiger charge is -2.32. The maximum absolute atomic E-state index is 13.6. The van der Waals surface area contributed by atoms with E-state index in [1.165, 1.54) is 50.1 Å². The van der Waals surface area contributed by atoms with Gasteiger partial charge in [0.1, 0.15) is 0 Å². The molecule has 6 rings (SSSR count). The Hall–Kier alpha value is -4.74. The summed E-state index contributed by atoms with van der Waals surface area (Å²) in [5.41, 5.74) is 4.91. The number of thiophene rings is 1. The van der Waals surface area contributed by atoms with Crippen molar-refractivity contribution in [2.24, 2.45) is 11.8 Å². The quantitative estimate of drug-likeness (QED) is 0.132. The molecule has 2 amide bonds. The van der Waals surface area contributed by atoms with Crippen molar-refractivity contribution in [3.63, 3.8) is 0 Å². The summed E-state index contributed by atoms with van der Waals surface area (Å²) in [5.74, 6) is -0.973. The number of hydrogen-bond acceptors (Lipinski definition) is 5. The van der Waals surface area contributed by atoms with Crippen LogP contribution >= 0.6 is 11.3 Å². The average Bonchev–Trinajstić information content (AvgIpc) is 3.73. The number of rotatable bonds is 13. The maximum Gasteiger partial charge on any atom is 0.490 e. The molecule has 1 aromatic heterocycles. The highest BCUT2D eigenvalue weighted by molar-refractivity contribution is 7.09. The normalized spacial score (nSPS) is 15.4. The Balaban J connectivity index is 0.000000757. The van der Waals surface area contributed by atoms with Gasteiger partial charge in [-0.05, 0) is 115 Å². The Kier molecular flexibility index (Phi) is 15.7. The predicted octanol–water partition coefficient (Wildman–Crippen LogP) is 9.36. The highest BCUT2D eigenvalue weighted by Gasteiger charge is 2.38. The molecule has 2 N–H and O–H groups in total. The number of halogens is 3. The third-order valence-electron chi connectivity index (χ3n) is 10.3. The number of alkyl halides is 3. The van der Waals surface area contributed by atoms with Gasteiger partial charge in [-0.2, -0.15) is 13.2 Å². The highest BCUT2D eigenvalue weighted by Crippen LogP contribution is 2.28. The van der Waals surface area contributed by atoms with Gasteiger partial charge in [0.05, 0.1) is 0 Å². The largest absolute Gasteiger partial charge is 0.490 e. The fourth-order valence-electron chi connectivity index (χ4n) is 7.18. The van der Waals surface area contributed by atoms with Crippen LogP contribution in [0.15, 0.2) is 102 Å². The van der Waals surface area contributed by atoms with Crippen molar-refractivity contribution in [3.05, 3.63) is 124 Å². The third-order valence-corrected chi connectivity index (χ3v) is 11.2. The van der Waals surface area contributed by atoms with E-state index < -0.39 is 12.1 Å². The summed E-state index contributed by atoms with van der Waals surface area (Å²) in [6.45, 7) is 5.22. The van der Waals surface area contributed by atoms with Gasteiger partial charge in [0.25, 0.3) is 5.91 Å². The van der Waals surface area contributed by atoms with Gasteiger partial charge >= 0.3 is 12.1 Å². The van der Waals surface area contributed by atoms with Crippen LogP contribution < -0.4 is 5.32 Å². The number of likely N-dealkylation sites (tertiary alicyclic amines) is 1. The molecule has 2 aliphatic rings. The van der Waals surface area contributed by atoms with Crippen LogP contribution in [-0.2, 0) is 22.6 Å². The standard InChI is InChI=1S/C42H49N3O2S.C2HF3O2/c46-41(18-17-33-8-2-1-3-9-33)45(28-23-40-16-7-29-48-40)32-36-12-5-13-37(30-36)38-14-6-15-39(31-38)42(47)44-26-21-35(22-27-44)11-4-10-34-19-24-43-25-20-34;3-2(4,5)1(6)7/h1-3,5-9,12-18,29-31,34-35,43H,4,10-11,19-28,32H2;(H,6,7). The molecule has 2 saturated heterocycles. The molecule has 0 unspecified atom stereocenters. The number of nitrogens with one attached hydrogen (secondary N) is 1. The van der Waals surface area contributed by atoms with Crippen LogP contribution in [-0.4, -0.2) is 71.6 Å². The van der Waals surface area contributed by atoms with E-state index >= 15 is 0 Å². The molecule has 0 atom stereocenters. The van der Waals surface area contributed by atoms with Crippen molar-refractivity contribution >= 4 is 35.2 Å². The van der Waals surface area contributed by atoms with Crippen LogP contribution in [0.1, 0.15) is 71.3 Å². The first-order chi connectivity index (χ1) is 26.5. The molecule has 3 aromatic carbocycles. The van der Waals surface area contributed by atoms with Crippen LogP contribution in [0.25, 0.3) is 17.2 Å². The second-order valence-electron chi connectivity index (χ2n) is 14.3. The highest BCUT2D eigenvalue weighted by atomic mass is 32.1. The van der Waals surface area contributed by atoms with Gasteiger partial charge in [0.15, 0.2) is 0 Å². The van der Waals surface area contributed by atoms with Gasteiger partial charge < -0.3 is 20.2 Å². The molecular weight excluding hydrogens is 724 g/mol. The smallest absolute Gasteiger partial charge is 0.475 e. The fourth-order valence-corrected chi connectivity index (χ4v) is 7.88. The first-order valence-corrected chi connectivity index (χ1v) is 20.0. The molecule has 0 spiro atoms. The predicted molar refractivity (Wildman–Crippen MR) is 213 cm³/mol. The van der Waals surface area contributed by atoms with E-state index in [0.717, 1.165) is 72.0 Å². The molecule has 55 heavy (non-hydrogen) atoms. The fraction of sp³-hybridized carbons (Fsp3) is 0.386. The SMILES string of the molecule is O=C(C=Cc1ccccc1)N(CCc1cccs1)Cc1cccc(-c2cccc(C(=O)N3CCC(CCCC4CCNCC4)CC3)c2)c1.O=C(O)C(F)(F)F. The Labute approximate surface area is 325 Å². The van der Waals surface area contributed by atoms with Crippen molar-refractivity contribution in [1.29, 1.82) is 0 Å². The molecule has 0 aliphatic carbocycles. The average molecular weight is 774 g/mol. The topological polar surface area (TPSA) is 90.0 Å². The van der Waals surface area contributed by atoms with Gasteiger partial charge in [0.2, 0.25) is 5.91 Å². The second-order valence-corrected chi connectivity index (χ2v) is 15.3. The molecule has 2 aliphatic heterocycles. The number of benzene rings is 3. The number of nitrogens with zero attached hydrogens (tertiary/aromatic N) is 2. The van der Waals surface area contributed by atoms with E-state index in [1.807, 2.05) is 59.5 Å². The summed E-state index contributed by atoms with van der Waals surface area (Å²) in [6, 6.07) is 30.6. The van der Waals surface area contributed by atoms with Gasteiger partial charge in [-0.1, -0.05) is 86.0 Å². The van der Waals surface area contributed by atoms with Crippen LogP contribution in [0.5, 0.6) is 0 Å². The zero-order valence-corrected chi connectivity index (χ0v) is 31.9. The number of carboxylic acid groups (broad SMARTS) is 1. The molecule has 3 heterocycles. The van der Waals surface area contributed by atoms with E-state index in [1.54, 1.807) is 17.4 Å². The molecule has 0 saturated carbocycles. The number of piperidine rings is 2. The van der Waals surface area contributed by atoms with E-state index in [4.69, 9.17) is 9.90 Å². The second kappa shape index (κ2) is 20.8. The lowest BCUT2D eigenvalue weighted by atomic mass is 9.87. The summed E-state index contributed by atoms with van der Waals surface area (Å²) in [4.78, 5) is 41.2. The molecule has 292 valence electrons. The van der Waals surface area contributed by atoms with Crippen molar-refractivity contribution in [2.45, 2.75) is 64.1 Å². The molecule has 0 bridgehead atoms. The monoisotopic (exact) mass is 773 g/mol. The zero-order chi connectivity index (χ0) is 39.0. The third kappa shape index (κ3) is 13.5. The zero-order valence-electron chi connectivity index (χ0n) is 31.1. The summed E-state index contributed by atoms with van der Waals surface area (Å²) >= 11 is 1.73. The minimum absolute atomic E-state index is 0.000973. The minimum atomic E-state index is -5.08. The first-order valence-electron chi connectivity index (χ1n) is 19.1. The van der Waals surface area contributed by atoms with Crippen LogP contribution in [0.3, 0.4) is 0 Å². The van der Waals surface area contributed by atoms with Crippen LogP contribution in [0, 0.1) is 11.8 Å². The molecular formula is C44H50F3N3O4S. The van der Waals surface area contributed by atoms with Gasteiger partial charge in [-0.15, -0.1) is 11.3 Å². The Bertz CT molecular complexity index is 1830. The maximum atomic E-state index is 13.6. The van der Waals surface area contributed by atoms with Crippen molar-refractivity contribution in [2.75, 3.05) is 32.7 Å². The Morgan fingerprint density at radius 1 is 0.836 bits per heavy atom. The lowest BCUT2D eigenvalue weighted by molar-refractivity contribution is -0.192. The number of carboxylic acids is 1. The van der Waals surface area contributed by atoms with Crippen LogP contribution in [0.4, 0.5) is 13.2 Å². The first kappa shape index (κ1) is 41.4. The van der Waals surface area contributed by atoms with E-state index in [9.17, 15) is 22.8 Å². The van der Waals surface area contributed by atoms with Gasteiger partial charge in [-0.25, -0.2) is 4.79 Å². The van der Waals surface area contributed by atoms with Crippen molar-refractivity contribution in [3.8, 4) is 11.1 Å². The summed E-state index contributed by atoms with van der Waals surface area (Å²) in [5, 5.41) is 12.7. The molecule has 11 heteroatoms. The summed E-state index contributed by atoms with van der Waals surface area (Å²) in [6.07, 6.45) is 8.19. The molecule has 7 nitrogen and oxygen atoms in total.